The molecule has 1 amide bonds. The lowest BCUT2D eigenvalue weighted by Gasteiger charge is -2.14. The fraction of sp³-hybridized carbons (Fsp3) is 0.391. The molecular formula is C23H27N3O2S. The number of hydrogen-bond donors (Lipinski definition) is 1. The minimum atomic E-state index is -0.0483. The third-order valence-electron chi connectivity index (χ3n) is 5.28. The van der Waals surface area contributed by atoms with Gasteiger partial charge in [0.2, 0.25) is 0 Å². The Kier molecular flexibility index (Phi) is 5.72. The second-order valence-electron chi connectivity index (χ2n) is 7.88. The molecule has 1 atom stereocenters. The molecule has 1 N–H and O–H groups in total. The normalized spacial score (nSPS) is 13.9. The van der Waals surface area contributed by atoms with Crippen LogP contribution in [0.3, 0.4) is 0 Å². The second-order valence-corrected chi connectivity index (χ2v) is 8.79. The van der Waals surface area contributed by atoms with Crippen LogP contribution < -0.4 is 10.1 Å². The minimum Gasteiger partial charge on any atom is -0.489 e. The second kappa shape index (κ2) is 8.41. The van der Waals surface area contributed by atoms with Gasteiger partial charge in [-0.1, -0.05) is 6.07 Å². The Balaban J connectivity index is 1.31. The van der Waals surface area contributed by atoms with Gasteiger partial charge in [-0.3, -0.25) is 9.48 Å². The summed E-state index contributed by atoms with van der Waals surface area (Å²) in [6.07, 6.45) is 3.56. The number of benzene rings is 1. The average Bonchev–Trinajstić information content (AvgIpc) is 3.40. The molecule has 0 aliphatic heterocycles. The maximum Gasteiger partial charge on any atom is 0.261 e. The molecule has 152 valence electrons. The number of aromatic nitrogens is 2. The summed E-state index contributed by atoms with van der Waals surface area (Å²) in [5.41, 5.74) is 5.97. The lowest BCUT2D eigenvalue weighted by atomic mass is 10.1. The lowest BCUT2D eigenvalue weighted by Crippen LogP contribution is -2.35. The van der Waals surface area contributed by atoms with Gasteiger partial charge in [0.25, 0.3) is 5.91 Å². The highest BCUT2D eigenvalue weighted by molar-refractivity contribution is 7.12. The number of hydrogen-bond acceptors (Lipinski definition) is 4. The van der Waals surface area contributed by atoms with Gasteiger partial charge in [0.1, 0.15) is 12.4 Å². The van der Waals surface area contributed by atoms with E-state index in [2.05, 4.69) is 22.5 Å². The van der Waals surface area contributed by atoms with Crippen molar-refractivity contribution in [2.24, 2.45) is 0 Å². The molecule has 0 radical (unpaired) electrons. The zero-order valence-corrected chi connectivity index (χ0v) is 18.0. The van der Waals surface area contributed by atoms with Crippen LogP contribution in [0.1, 0.15) is 51.1 Å². The fourth-order valence-electron chi connectivity index (χ4n) is 3.83. The highest BCUT2D eigenvalue weighted by Crippen LogP contribution is 2.27. The summed E-state index contributed by atoms with van der Waals surface area (Å²) in [5, 5.41) is 9.52. The van der Waals surface area contributed by atoms with Crippen LogP contribution in [-0.4, -0.2) is 21.7 Å². The summed E-state index contributed by atoms with van der Waals surface area (Å²) < 4.78 is 7.88. The first-order valence-corrected chi connectivity index (χ1v) is 11.0. The molecule has 0 fully saturated rings. The van der Waals surface area contributed by atoms with E-state index in [9.17, 15) is 4.79 Å². The number of thiophene rings is 1. The SMILES string of the molecule is Cc1cc(C)n(CC(C)NC(=O)c2cc(COc3ccc4c(c3)CCC4)cs2)n1. The fourth-order valence-corrected chi connectivity index (χ4v) is 4.63. The Morgan fingerprint density at radius 2 is 2.07 bits per heavy atom. The summed E-state index contributed by atoms with van der Waals surface area (Å²) in [5.74, 6) is 0.856. The number of nitrogens with one attached hydrogen (secondary N) is 1. The van der Waals surface area contributed by atoms with Crippen LogP contribution in [0.2, 0.25) is 0 Å². The summed E-state index contributed by atoms with van der Waals surface area (Å²) in [4.78, 5) is 13.3. The Bertz CT molecular complexity index is 1020. The Labute approximate surface area is 175 Å². The molecule has 1 unspecified atom stereocenters. The topological polar surface area (TPSA) is 56.2 Å². The number of amides is 1. The number of carbonyl (C=O) groups excluding carboxylic acids is 1. The predicted molar refractivity (Wildman–Crippen MR) is 116 cm³/mol. The van der Waals surface area contributed by atoms with Crippen molar-refractivity contribution in [2.75, 3.05) is 0 Å². The van der Waals surface area contributed by atoms with E-state index in [0.29, 0.717) is 18.0 Å². The first-order chi connectivity index (χ1) is 14.0. The highest BCUT2D eigenvalue weighted by atomic mass is 32.1. The van der Waals surface area contributed by atoms with Gasteiger partial charge in [-0.05, 0) is 80.8 Å². The van der Waals surface area contributed by atoms with Crippen LogP contribution in [-0.2, 0) is 26.0 Å². The third kappa shape index (κ3) is 4.70. The van der Waals surface area contributed by atoms with Crippen molar-refractivity contribution in [3.05, 3.63) is 68.7 Å². The number of ether oxygens (including phenoxy) is 1. The van der Waals surface area contributed by atoms with Crippen molar-refractivity contribution >= 4 is 17.2 Å². The molecule has 1 aliphatic carbocycles. The molecule has 2 aromatic heterocycles. The van der Waals surface area contributed by atoms with Crippen LogP contribution in [0.15, 0.2) is 35.7 Å². The molecule has 2 heterocycles. The average molecular weight is 410 g/mol. The lowest BCUT2D eigenvalue weighted by molar-refractivity contribution is 0.0940. The molecule has 29 heavy (non-hydrogen) atoms. The van der Waals surface area contributed by atoms with Crippen LogP contribution in [0.5, 0.6) is 5.75 Å². The van der Waals surface area contributed by atoms with Gasteiger partial charge in [-0.15, -0.1) is 11.3 Å². The quantitative estimate of drug-likeness (QED) is 0.627. The van der Waals surface area contributed by atoms with Gasteiger partial charge in [-0.25, -0.2) is 0 Å². The van der Waals surface area contributed by atoms with E-state index in [1.807, 2.05) is 49.0 Å². The van der Waals surface area contributed by atoms with Gasteiger partial charge in [-0.2, -0.15) is 5.10 Å². The standard InChI is InChI=1S/C23H27N3O2S/c1-15-9-17(3)26(25-15)12-16(2)24-23(27)22-10-18(14-29-22)13-28-21-8-7-19-5-4-6-20(19)11-21/h7-11,14,16H,4-6,12-13H2,1-3H3,(H,24,27). The first kappa shape index (κ1) is 19.7. The van der Waals surface area contributed by atoms with Crippen molar-refractivity contribution in [3.63, 3.8) is 0 Å². The van der Waals surface area contributed by atoms with E-state index in [1.54, 1.807) is 0 Å². The summed E-state index contributed by atoms with van der Waals surface area (Å²) in [6.45, 7) is 7.14. The largest absolute Gasteiger partial charge is 0.489 e. The number of aryl methyl sites for hydroxylation is 4. The number of fused-ring (bicyclic) bond motifs is 1. The van der Waals surface area contributed by atoms with E-state index in [-0.39, 0.29) is 11.9 Å². The van der Waals surface area contributed by atoms with Crippen molar-refractivity contribution in [3.8, 4) is 5.75 Å². The van der Waals surface area contributed by atoms with Gasteiger partial charge in [0.15, 0.2) is 0 Å². The Morgan fingerprint density at radius 3 is 2.86 bits per heavy atom. The minimum absolute atomic E-state index is 0.00582. The van der Waals surface area contributed by atoms with E-state index < -0.39 is 0 Å². The van der Waals surface area contributed by atoms with E-state index in [0.717, 1.165) is 29.1 Å². The molecule has 0 spiro atoms. The molecule has 1 aliphatic rings. The Hall–Kier alpha value is -2.60. The van der Waals surface area contributed by atoms with Gasteiger partial charge in [0, 0.05) is 17.3 Å². The van der Waals surface area contributed by atoms with Gasteiger partial charge >= 0.3 is 0 Å². The Morgan fingerprint density at radius 1 is 1.24 bits per heavy atom. The monoisotopic (exact) mass is 409 g/mol. The van der Waals surface area contributed by atoms with E-state index in [4.69, 9.17) is 4.74 Å². The summed E-state index contributed by atoms with van der Waals surface area (Å²) in [6, 6.07) is 10.3. The molecule has 3 aromatic rings. The van der Waals surface area contributed by atoms with Gasteiger partial charge in [0.05, 0.1) is 17.1 Å². The number of carbonyl (C=O) groups is 1. The molecule has 0 bridgehead atoms. The van der Waals surface area contributed by atoms with E-state index in [1.165, 1.54) is 35.3 Å². The van der Waals surface area contributed by atoms with Gasteiger partial charge < -0.3 is 10.1 Å². The van der Waals surface area contributed by atoms with Crippen LogP contribution in [0, 0.1) is 13.8 Å². The maximum atomic E-state index is 12.6. The molecule has 6 heteroatoms. The molecule has 4 rings (SSSR count). The molecule has 0 saturated carbocycles. The molecule has 0 saturated heterocycles. The number of nitrogens with zero attached hydrogens (tertiary/aromatic N) is 2. The van der Waals surface area contributed by atoms with Crippen LogP contribution in [0.25, 0.3) is 0 Å². The zero-order valence-electron chi connectivity index (χ0n) is 17.2. The predicted octanol–water partition coefficient (Wildman–Crippen LogP) is 4.45. The molecule has 5 nitrogen and oxygen atoms in total. The number of rotatable bonds is 7. The third-order valence-corrected chi connectivity index (χ3v) is 6.26. The van der Waals surface area contributed by atoms with Crippen LogP contribution >= 0.6 is 11.3 Å². The molecular weight excluding hydrogens is 382 g/mol. The highest BCUT2D eigenvalue weighted by Gasteiger charge is 2.15. The van der Waals surface area contributed by atoms with Crippen molar-refractivity contribution < 1.29 is 9.53 Å². The summed E-state index contributed by atoms with van der Waals surface area (Å²) >= 11 is 1.45. The summed E-state index contributed by atoms with van der Waals surface area (Å²) in [7, 11) is 0. The van der Waals surface area contributed by atoms with E-state index >= 15 is 0 Å². The molecule has 1 aromatic carbocycles. The smallest absolute Gasteiger partial charge is 0.261 e. The zero-order chi connectivity index (χ0) is 20.4. The van der Waals surface area contributed by atoms with Crippen molar-refractivity contribution in [1.29, 1.82) is 0 Å². The van der Waals surface area contributed by atoms with Crippen LogP contribution in [0.4, 0.5) is 0 Å². The first-order valence-electron chi connectivity index (χ1n) is 10.1. The van der Waals surface area contributed by atoms with Crippen molar-refractivity contribution in [1.82, 2.24) is 15.1 Å². The van der Waals surface area contributed by atoms with Crippen molar-refractivity contribution in [2.45, 2.75) is 59.2 Å². The maximum absolute atomic E-state index is 12.6.